The summed E-state index contributed by atoms with van der Waals surface area (Å²) in [5.41, 5.74) is 2.95. The maximum atomic E-state index is 9.25. The van der Waals surface area contributed by atoms with Crippen LogP contribution in [0.5, 0.6) is 0 Å². The van der Waals surface area contributed by atoms with Crippen LogP contribution >= 0.6 is 11.8 Å². The van der Waals surface area contributed by atoms with Crippen LogP contribution in [0.3, 0.4) is 0 Å². The van der Waals surface area contributed by atoms with Crippen LogP contribution < -0.4 is 28.5 Å². The van der Waals surface area contributed by atoms with Crippen LogP contribution in [0, 0.1) is 11.3 Å². The Hall–Kier alpha value is -1.66. The molecule has 142 valence electrons. The van der Waals surface area contributed by atoms with Crippen molar-refractivity contribution in [3.05, 3.63) is 46.8 Å². The molecule has 0 aliphatic carbocycles. The van der Waals surface area contributed by atoms with E-state index in [2.05, 4.69) is 52.2 Å². The Morgan fingerprint density at radius 1 is 1.30 bits per heavy atom. The Morgan fingerprint density at radius 3 is 2.89 bits per heavy atom. The van der Waals surface area contributed by atoms with Gasteiger partial charge in [0.1, 0.15) is 13.2 Å². The van der Waals surface area contributed by atoms with Crippen LogP contribution in [0.4, 0.5) is 0 Å². The molecule has 7 heteroatoms. The van der Waals surface area contributed by atoms with Gasteiger partial charge in [0.2, 0.25) is 5.76 Å². The minimum atomic E-state index is 0. The molecule has 1 saturated heterocycles. The first-order valence-corrected chi connectivity index (χ1v) is 10.1. The number of benzene rings is 1. The largest absolute Gasteiger partial charge is 1.00 e. The second-order valence-electron chi connectivity index (χ2n) is 6.35. The van der Waals surface area contributed by atoms with Gasteiger partial charge in [0.25, 0.3) is 0 Å². The van der Waals surface area contributed by atoms with Gasteiger partial charge in [-0.05, 0) is 38.1 Å². The van der Waals surface area contributed by atoms with Crippen LogP contribution in [-0.4, -0.2) is 34.9 Å². The first kappa shape index (κ1) is 20.1. The minimum Gasteiger partial charge on any atom is -1.00 e. The fourth-order valence-electron chi connectivity index (χ4n) is 3.73. The molecule has 0 amide bonds. The molecule has 0 atom stereocenters. The number of aromatic nitrogens is 2. The molecule has 0 saturated carbocycles. The fraction of sp³-hybridized carbons (Fsp3) is 0.400. The predicted molar refractivity (Wildman–Crippen MR) is 104 cm³/mol. The molecule has 27 heavy (non-hydrogen) atoms. The number of imidazole rings is 1. The number of thioether (sulfide) groups is 1. The minimum absolute atomic E-state index is 0. The highest BCUT2D eigenvalue weighted by atomic mass is 127. The number of nitriles is 1. The summed E-state index contributed by atoms with van der Waals surface area (Å²) in [6.45, 7) is 8.81. The summed E-state index contributed by atoms with van der Waals surface area (Å²) in [5, 5.41) is 10.6. The molecule has 0 bridgehead atoms. The molecule has 0 unspecified atom stereocenters. The van der Waals surface area contributed by atoms with Crippen LogP contribution in [0.1, 0.15) is 25.2 Å². The van der Waals surface area contributed by atoms with Crippen LogP contribution in [0.25, 0.3) is 16.8 Å². The molecular weight excluding hydrogens is 471 g/mol. The van der Waals surface area contributed by atoms with Gasteiger partial charge in [-0.15, -0.1) is 11.8 Å². The lowest BCUT2D eigenvalue weighted by Gasteiger charge is -2.16. The smallest absolute Gasteiger partial charge is 0.325 e. The van der Waals surface area contributed by atoms with Crippen LogP contribution in [-0.2, 0) is 17.8 Å². The summed E-state index contributed by atoms with van der Waals surface area (Å²) < 4.78 is 10.6. The molecule has 2 aliphatic rings. The Labute approximate surface area is 181 Å². The summed E-state index contributed by atoms with van der Waals surface area (Å²) >= 11 is 1.90. The Kier molecular flexibility index (Phi) is 6.37. The van der Waals surface area contributed by atoms with Crippen molar-refractivity contribution in [1.29, 1.82) is 5.26 Å². The highest BCUT2D eigenvalue weighted by molar-refractivity contribution is 8.03. The van der Waals surface area contributed by atoms with Crippen molar-refractivity contribution < 1.29 is 33.3 Å². The first-order valence-electron chi connectivity index (χ1n) is 9.16. The van der Waals surface area contributed by atoms with E-state index >= 15 is 0 Å². The Bertz CT molecular complexity index is 957. The normalized spacial score (nSPS) is 19.1. The molecule has 1 aromatic carbocycles. The third kappa shape index (κ3) is 3.57. The molecule has 2 aromatic rings. The van der Waals surface area contributed by atoms with Crippen molar-refractivity contribution in [2.24, 2.45) is 0 Å². The standard InChI is InChI=1S/C20H23N4OS.HI/c1-3-22-10-12-26-19(22)8-7-18-20-23(4-2)17-13-15(14-21)5-6-16(17)24(20)9-11-25-18;/h5-8,13H,3-4,9-12H2,1-2H3;1H/q+1;/p-1. The quantitative estimate of drug-likeness (QED) is 0.449. The number of ether oxygens (including phenoxy) is 1. The van der Waals surface area contributed by atoms with Crippen molar-refractivity contribution in [1.82, 2.24) is 9.47 Å². The second kappa shape index (κ2) is 8.57. The van der Waals surface area contributed by atoms with Gasteiger partial charge in [-0.2, -0.15) is 5.26 Å². The summed E-state index contributed by atoms with van der Waals surface area (Å²) in [7, 11) is 0. The molecule has 0 radical (unpaired) electrons. The zero-order valence-corrected chi connectivity index (χ0v) is 18.6. The number of hydrogen-bond acceptors (Lipinski definition) is 4. The molecule has 2 aliphatic heterocycles. The van der Waals surface area contributed by atoms with E-state index in [0.29, 0.717) is 12.2 Å². The van der Waals surface area contributed by atoms with Crippen molar-refractivity contribution >= 4 is 28.6 Å². The van der Waals surface area contributed by atoms with Crippen LogP contribution in [0.15, 0.2) is 35.4 Å². The molecular formula is C20H23IN4OS. The summed E-state index contributed by atoms with van der Waals surface area (Å²) in [6, 6.07) is 8.17. The number of rotatable bonds is 3. The van der Waals surface area contributed by atoms with E-state index in [-0.39, 0.29) is 24.0 Å². The predicted octanol–water partition coefficient (Wildman–Crippen LogP) is 0.106. The van der Waals surface area contributed by atoms with Gasteiger partial charge in [0.05, 0.1) is 23.2 Å². The zero-order chi connectivity index (χ0) is 18.1. The fourth-order valence-corrected chi connectivity index (χ4v) is 4.82. The van der Waals surface area contributed by atoms with Gasteiger partial charge in [0.15, 0.2) is 11.0 Å². The van der Waals surface area contributed by atoms with Gasteiger partial charge in [0, 0.05) is 24.9 Å². The molecule has 3 heterocycles. The van der Waals surface area contributed by atoms with Crippen molar-refractivity contribution in [3.63, 3.8) is 0 Å². The summed E-state index contributed by atoms with van der Waals surface area (Å²) in [5.74, 6) is 3.14. The van der Waals surface area contributed by atoms with Crippen molar-refractivity contribution in [2.45, 2.75) is 26.9 Å². The number of nitrogens with zero attached hydrogens (tertiary/aromatic N) is 4. The average molecular weight is 494 g/mol. The lowest BCUT2D eigenvalue weighted by molar-refractivity contribution is -0.672. The zero-order valence-electron chi connectivity index (χ0n) is 15.6. The van der Waals surface area contributed by atoms with Gasteiger partial charge >= 0.3 is 5.82 Å². The number of allylic oxidation sites excluding steroid dienone is 2. The van der Waals surface area contributed by atoms with E-state index in [1.165, 1.54) is 5.03 Å². The van der Waals surface area contributed by atoms with E-state index in [9.17, 15) is 5.26 Å². The van der Waals surface area contributed by atoms with E-state index < -0.39 is 0 Å². The van der Waals surface area contributed by atoms with Gasteiger partial charge < -0.3 is 33.6 Å². The number of aryl methyl sites for hydroxylation is 1. The maximum absolute atomic E-state index is 9.25. The maximum Gasteiger partial charge on any atom is 0.325 e. The summed E-state index contributed by atoms with van der Waals surface area (Å²) in [4.78, 5) is 2.40. The monoisotopic (exact) mass is 494 g/mol. The van der Waals surface area contributed by atoms with Gasteiger partial charge in [-0.25, -0.2) is 9.13 Å². The average Bonchev–Trinajstić information content (AvgIpc) is 3.27. The Morgan fingerprint density at radius 2 is 2.15 bits per heavy atom. The topological polar surface area (TPSA) is 45.1 Å². The van der Waals surface area contributed by atoms with Crippen molar-refractivity contribution in [2.75, 3.05) is 25.4 Å². The summed E-state index contributed by atoms with van der Waals surface area (Å²) in [6.07, 6.45) is 4.29. The number of halogens is 1. The van der Waals surface area contributed by atoms with Gasteiger partial charge in [-0.3, -0.25) is 0 Å². The van der Waals surface area contributed by atoms with Gasteiger partial charge in [-0.1, -0.05) is 0 Å². The number of fused-ring (bicyclic) bond motifs is 3. The molecule has 0 N–H and O–H groups in total. The highest BCUT2D eigenvalue weighted by Gasteiger charge is 2.31. The lowest BCUT2D eigenvalue weighted by atomic mass is 10.2. The van der Waals surface area contributed by atoms with Crippen LogP contribution in [0.2, 0.25) is 0 Å². The molecule has 1 fully saturated rings. The van der Waals surface area contributed by atoms with Crippen molar-refractivity contribution in [3.8, 4) is 6.07 Å². The molecule has 0 spiro atoms. The van der Waals surface area contributed by atoms with E-state index in [0.717, 1.165) is 54.5 Å². The lowest BCUT2D eigenvalue weighted by Crippen LogP contribution is -3.00. The van der Waals surface area contributed by atoms with E-state index in [4.69, 9.17) is 4.74 Å². The third-order valence-electron chi connectivity index (χ3n) is 4.99. The van der Waals surface area contributed by atoms with E-state index in [1.807, 2.05) is 23.9 Å². The SMILES string of the molecule is CCN1CCSC1=CC=C1OCCn2c1[n+](CC)c1cc(C#N)ccc12.[I-]. The third-order valence-corrected chi connectivity index (χ3v) is 6.07. The highest BCUT2D eigenvalue weighted by Crippen LogP contribution is 2.29. The Balaban J connectivity index is 0.00000210. The number of hydrogen-bond donors (Lipinski definition) is 0. The molecule has 1 aromatic heterocycles. The molecule has 4 rings (SSSR count). The first-order chi connectivity index (χ1) is 12.8. The molecule has 5 nitrogen and oxygen atoms in total. The van der Waals surface area contributed by atoms with E-state index in [1.54, 1.807) is 0 Å². The second-order valence-corrected chi connectivity index (χ2v) is 7.46.